The van der Waals surface area contributed by atoms with Crippen LogP contribution in [0.2, 0.25) is 0 Å². The summed E-state index contributed by atoms with van der Waals surface area (Å²) in [6.07, 6.45) is 2.12. The Kier molecular flexibility index (Phi) is 3.27. The molecule has 0 saturated carbocycles. The van der Waals surface area contributed by atoms with E-state index < -0.39 is 23.4 Å². The van der Waals surface area contributed by atoms with Crippen molar-refractivity contribution >= 4 is 11.6 Å². The van der Waals surface area contributed by atoms with Gasteiger partial charge in [0.2, 0.25) is 0 Å². The Labute approximate surface area is 100 Å². The first-order chi connectivity index (χ1) is 8.56. The summed E-state index contributed by atoms with van der Waals surface area (Å²) < 4.78 is 39.0. The monoisotopic (exact) mass is 252 g/mol. The molecule has 0 radical (unpaired) electrons. The van der Waals surface area contributed by atoms with E-state index in [1.165, 1.54) is 12.3 Å². The van der Waals surface area contributed by atoms with E-state index in [4.69, 9.17) is 0 Å². The van der Waals surface area contributed by atoms with Gasteiger partial charge in [-0.05, 0) is 18.2 Å². The number of hydrogen-bond acceptors (Lipinski definition) is 2. The molecule has 0 spiro atoms. The van der Waals surface area contributed by atoms with Crippen LogP contribution in [0.3, 0.4) is 0 Å². The lowest BCUT2D eigenvalue weighted by atomic mass is 10.2. The molecular weight excluding hydrogens is 245 g/mol. The molecule has 0 saturated heterocycles. The van der Waals surface area contributed by atoms with Gasteiger partial charge in [-0.1, -0.05) is 0 Å². The number of nitrogens with zero attached hydrogens (tertiary/aromatic N) is 1. The van der Waals surface area contributed by atoms with E-state index in [-0.39, 0.29) is 11.3 Å². The van der Waals surface area contributed by atoms with Crippen LogP contribution in [0.4, 0.5) is 18.9 Å². The average molecular weight is 252 g/mol. The predicted octanol–water partition coefficient (Wildman–Crippen LogP) is 2.75. The van der Waals surface area contributed by atoms with Crippen molar-refractivity contribution in [3.05, 3.63) is 59.7 Å². The Balaban J connectivity index is 2.24. The summed E-state index contributed by atoms with van der Waals surface area (Å²) in [5.74, 6) is -3.28. The molecule has 2 aromatic rings. The quantitative estimate of drug-likeness (QED) is 0.892. The highest BCUT2D eigenvalue weighted by Gasteiger charge is 2.12. The number of carbonyl (C=O) groups is 1. The Morgan fingerprint density at radius 1 is 1.11 bits per heavy atom. The minimum Gasteiger partial charge on any atom is -0.322 e. The summed E-state index contributed by atoms with van der Waals surface area (Å²) in [6.45, 7) is 0. The van der Waals surface area contributed by atoms with E-state index in [0.717, 1.165) is 18.3 Å². The molecule has 1 N–H and O–H groups in total. The van der Waals surface area contributed by atoms with Crippen LogP contribution in [-0.2, 0) is 0 Å². The van der Waals surface area contributed by atoms with Crippen molar-refractivity contribution < 1.29 is 18.0 Å². The highest BCUT2D eigenvalue weighted by molar-refractivity contribution is 6.04. The number of halogens is 3. The lowest BCUT2D eigenvalue weighted by Crippen LogP contribution is -2.14. The van der Waals surface area contributed by atoms with Crippen LogP contribution in [-0.4, -0.2) is 10.9 Å². The number of rotatable bonds is 2. The maximum absolute atomic E-state index is 13.2. The van der Waals surface area contributed by atoms with Gasteiger partial charge in [-0.25, -0.2) is 13.2 Å². The minimum absolute atomic E-state index is 0.0892. The number of hydrogen-bond donors (Lipinski definition) is 1. The van der Waals surface area contributed by atoms with Gasteiger partial charge in [-0.15, -0.1) is 0 Å². The lowest BCUT2D eigenvalue weighted by Gasteiger charge is -2.06. The van der Waals surface area contributed by atoms with Gasteiger partial charge < -0.3 is 5.32 Å². The third-order valence-corrected chi connectivity index (χ3v) is 2.14. The second-order valence-corrected chi connectivity index (χ2v) is 3.47. The van der Waals surface area contributed by atoms with E-state index in [9.17, 15) is 18.0 Å². The SMILES string of the molecule is O=C(Nc1cc(F)cc(F)c1)c1ccncc1F. The summed E-state index contributed by atoms with van der Waals surface area (Å²) in [5, 5.41) is 2.19. The number of aromatic nitrogens is 1. The fourth-order valence-electron chi connectivity index (χ4n) is 1.38. The molecular formula is C12H7F3N2O. The minimum atomic E-state index is -0.833. The van der Waals surface area contributed by atoms with Gasteiger partial charge in [-0.3, -0.25) is 9.78 Å². The van der Waals surface area contributed by atoms with Crippen molar-refractivity contribution in [3.8, 4) is 0 Å². The van der Waals surface area contributed by atoms with Crippen LogP contribution in [0.15, 0.2) is 36.7 Å². The van der Waals surface area contributed by atoms with Gasteiger partial charge in [0, 0.05) is 18.0 Å². The molecule has 1 aromatic heterocycles. The maximum Gasteiger partial charge on any atom is 0.258 e. The van der Waals surface area contributed by atoms with E-state index in [2.05, 4.69) is 10.3 Å². The fourth-order valence-corrected chi connectivity index (χ4v) is 1.38. The summed E-state index contributed by atoms with van der Waals surface area (Å²) in [6, 6.07) is 3.70. The van der Waals surface area contributed by atoms with Crippen molar-refractivity contribution in [2.45, 2.75) is 0 Å². The number of pyridine rings is 1. The first-order valence-corrected chi connectivity index (χ1v) is 4.93. The molecule has 92 valence electrons. The number of benzene rings is 1. The summed E-state index contributed by atoms with van der Waals surface area (Å²) in [7, 11) is 0. The van der Waals surface area contributed by atoms with Crippen LogP contribution in [0.25, 0.3) is 0 Å². The van der Waals surface area contributed by atoms with Crippen molar-refractivity contribution in [3.63, 3.8) is 0 Å². The van der Waals surface area contributed by atoms with Gasteiger partial charge in [0.05, 0.1) is 11.8 Å². The van der Waals surface area contributed by atoms with Gasteiger partial charge >= 0.3 is 0 Å². The molecule has 1 amide bonds. The molecule has 0 unspecified atom stereocenters. The van der Waals surface area contributed by atoms with E-state index in [1.807, 2.05) is 0 Å². The number of carbonyl (C=O) groups excluding carboxylic acids is 1. The average Bonchev–Trinajstić information content (AvgIpc) is 2.27. The Bertz CT molecular complexity index is 581. The fraction of sp³-hybridized carbons (Fsp3) is 0. The summed E-state index contributed by atoms with van der Waals surface area (Å²) >= 11 is 0. The molecule has 0 aliphatic rings. The van der Waals surface area contributed by atoms with E-state index in [0.29, 0.717) is 6.07 Å². The molecule has 1 aromatic carbocycles. The van der Waals surface area contributed by atoms with Crippen LogP contribution in [0.1, 0.15) is 10.4 Å². The zero-order valence-corrected chi connectivity index (χ0v) is 8.95. The topological polar surface area (TPSA) is 42.0 Å². The second-order valence-electron chi connectivity index (χ2n) is 3.47. The van der Waals surface area contributed by atoms with Gasteiger partial charge in [0.25, 0.3) is 5.91 Å². The first-order valence-electron chi connectivity index (χ1n) is 4.93. The van der Waals surface area contributed by atoms with E-state index >= 15 is 0 Å². The van der Waals surface area contributed by atoms with Crippen molar-refractivity contribution in [2.75, 3.05) is 5.32 Å². The predicted molar refractivity (Wildman–Crippen MR) is 58.5 cm³/mol. The van der Waals surface area contributed by atoms with Crippen LogP contribution < -0.4 is 5.32 Å². The Hall–Kier alpha value is -2.37. The molecule has 18 heavy (non-hydrogen) atoms. The number of nitrogens with one attached hydrogen (secondary N) is 1. The zero-order valence-electron chi connectivity index (χ0n) is 8.95. The van der Waals surface area contributed by atoms with Crippen LogP contribution >= 0.6 is 0 Å². The molecule has 0 aliphatic heterocycles. The van der Waals surface area contributed by atoms with Gasteiger partial charge in [0.15, 0.2) is 5.82 Å². The van der Waals surface area contributed by atoms with Crippen LogP contribution in [0, 0.1) is 17.5 Å². The lowest BCUT2D eigenvalue weighted by molar-refractivity contribution is 0.102. The molecule has 2 rings (SSSR count). The summed E-state index contributed by atoms with van der Waals surface area (Å²) in [5.41, 5.74) is -0.344. The highest BCUT2D eigenvalue weighted by Crippen LogP contribution is 2.14. The third-order valence-electron chi connectivity index (χ3n) is 2.14. The number of amides is 1. The smallest absolute Gasteiger partial charge is 0.258 e. The summed E-state index contributed by atoms with van der Waals surface area (Å²) in [4.78, 5) is 15.1. The Morgan fingerprint density at radius 3 is 2.39 bits per heavy atom. The zero-order chi connectivity index (χ0) is 13.1. The molecule has 0 bridgehead atoms. The van der Waals surface area contributed by atoms with Crippen molar-refractivity contribution in [2.24, 2.45) is 0 Å². The first kappa shape index (κ1) is 12.1. The van der Waals surface area contributed by atoms with Gasteiger partial charge in [-0.2, -0.15) is 0 Å². The highest BCUT2D eigenvalue weighted by atomic mass is 19.1. The normalized spacial score (nSPS) is 10.2. The molecule has 1 heterocycles. The molecule has 0 atom stereocenters. The molecule has 0 fully saturated rings. The molecule has 0 aliphatic carbocycles. The van der Waals surface area contributed by atoms with Crippen LogP contribution in [0.5, 0.6) is 0 Å². The van der Waals surface area contributed by atoms with E-state index in [1.54, 1.807) is 0 Å². The second kappa shape index (κ2) is 4.87. The maximum atomic E-state index is 13.2. The largest absolute Gasteiger partial charge is 0.322 e. The molecule has 3 nitrogen and oxygen atoms in total. The number of anilines is 1. The van der Waals surface area contributed by atoms with Crippen molar-refractivity contribution in [1.82, 2.24) is 4.98 Å². The van der Waals surface area contributed by atoms with Gasteiger partial charge in [0.1, 0.15) is 11.6 Å². The van der Waals surface area contributed by atoms with Crippen molar-refractivity contribution in [1.29, 1.82) is 0 Å². The Morgan fingerprint density at radius 2 is 1.78 bits per heavy atom. The third kappa shape index (κ3) is 2.65. The molecule has 6 heteroatoms. The standard InChI is InChI=1S/C12H7F3N2O/c13-7-3-8(14)5-9(4-7)17-12(18)10-1-2-16-6-11(10)15/h1-6H,(H,17,18).